The Hall–Kier alpha value is -1.50. The Kier molecular flexibility index (Phi) is 6.57. The lowest BCUT2D eigenvalue weighted by Gasteiger charge is -2.26. The molecule has 0 aliphatic carbocycles. The van der Waals surface area contributed by atoms with Gasteiger partial charge in [0, 0.05) is 18.7 Å². The Morgan fingerprint density at radius 2 is 2.05 bits per heavy atom. The average molecular weight is 275 g/mol. The van der Waals surface area contributed by atoms with Gasteiger partial charge in [-0.1, -0.05) is 38.7 Å². The van der Waals surface area contributed by atoms with E-state index in [1.807, 2.05) is 24.3 Å². The Balaban J connectivity index is 2.42. The molecule has 1 aromatic carbocycles. The van der Waals surface area contributed by atoms with E-state index < -0.39 is 0 Å². The summed E-state index contributed by atoms with van der Waals surface area (Å²) in [5.74, 6) is 6.33. The Bertz CT molecular complexity index is 466. The van der Waals surface area contributed by atoms with E-state index in [1.165, 1.54) is 0 Å². The quantitative estimate of drug-likeness (QED) is 0.838. The van der Waals surface area contributed by atoms with Crippen molar-refractivity contribution in [1.29, 1.82) is 0 Å². The smallest absolute Gasteiger partial charge is 0.120 e. The van der Waals surface area contributed by atoms with Gasteiger partial charge in [0.1, 0.15) is 19.0 Å². The number of rotatable bonds is 5. The molecule has 110 valence electrons. The highest BCUT2D eigenvalue weighted by Crippen LogP contribution is 2.15. The standard InChI is InChI=1S/C17H25NO2/c1-17(2,3)14-18(4)10-12-20-16-9-5-7-15(13-16)8-6-11-19/h5,7,9,13,19H,10-12,14H2,1-4H3. The number of aliphatic hydroxyl groups excluding tert-OH is 1. The first kappa shape index (κ1) is 16.6. The van der Waals surface area contributed by atoms with Crippen LogP contribution in [0.1, 0.15) is 26.3 Å². The Morgan fingerprint density at radius 3 is 2.70 bits per heavy atom. The summed E-state index contributed by atoms with van der Waals surface area (Å²) in [5.41, 5.74) is 1.16. The highest BCUT2D eigenvalue weighted by atomic mass is 16.5. The molecule has 0 saturated carbocycles. The van der Waals surface area contributed by atoms with Gasteiger partial charge in [-0.3, -0.25) is 0 Å². The molecule has 0 unspecified atom stereocenters. The summed E-state index contributed by atoms with van der Waals surface area (Å²) in [6.07, 6.45) is 0. The van der Waals surface area contributed by atoms with E-state index in [-0.39, 0.29) is 6.61 Å². The van der Waals surface area contributed by atoms with Crippen LogP contribution in [0, 0.1) is 17.3 Å². The number of nitrogens with zero attached hydrogens (tertiary/aromatic N) is 1. The average Bonchev–Trinajstić information content (AvgIpc) is 2.34. The summed E-state index contributed by atoms with van der Waals surface area (Å²) in [4.78, 5) is 2.27. The van der Waals surface area contributed by atoms with Gasteiger partial charge < -0.3 is 14.7 Å². The highest BCUT2D eigenvalue weighted by Gasteiger charge is 2.13. The van der Waals surface area contributed by atoms with Crippen LogP contribution in [0.4, 0.5) is 0 Å². The van der Waals surface area contributed by atoms with E-state index in [1.54, 1.807) is 0 Å². The zero-order valence-electron chi connectivity index (χ0n) is 12.9. The second kappa shape index (κ2) is 7.94. The molecule has 0 amide bonds. The molecule has 0 atom stereocenters. The van der Waals surface area contributed by atoms with Crippen LogP contribution >= 0.6 is 0 Å². The molecule has 1 rings (SSSR count). The van der Waals surface area contributed by atoms with Gasteiger partial charge in [-0.15, -0.1) is 0 Å². The molecule has 3 heteroatoms. The van der Waals surface area contributed by atoms with Crippen LogP contribution < -0.4 is 4.74 Å². The fourth-order valence-electron chi connectivity index (χ4n) is 2.01. The third kappa shape index (κ3) is 7.18. The number of ether oxygens (including phenoxy) is 1. The van der Waals surface area contributed by atoms with E-state index in [4.69, 9.17) is 9.84 Å². The molecule has 20 heavy (non-hydrogen) atoms. The molecular formula is C17H25NO2. The minimum atomic E-state index is -0.122. The fourth-order valence-corrected chi connectivity index (χ4v) is 2.01. The molecular weight excluding hydrogens is 250 g/mol. The minimum Gasteiger partial charge on any atom is -0.492 e. The Morgan fingerprint density at radius 1 is 1.30 bits per heavy atom. The van der Waals surface area contributed by atoms with Gasteiger partial charge in [0.2, 0.25) is 0 Å². The maximum Gasteiger partial charge on any atom is 0.120 e. The summed E-state index contributed by atoms with van der Waals surface area (Å²) in [5, 5.41) is 8.68. The molecule has 0 heterocycles. The van der Waals surface area contributed by atoms with Gasteiger partial charge >= 0.3 is 0 Å². The number of hydrogen-bond acceptors (Lipinski definition) is 3. The third-order valence-electron chi connectivity index (χ3n) is 2.63. The number of likely N-dealkylation sites (N-methyl/N-ethyl adjacent to an activating group) is 1. The number of hydrogen-bond donors (Lipinski definition) is 1. The first-order valence-electron chi connectivity index (χ1n) is 6.92. The van der Waals surface area contributed by atoms with Gasteiger partial charge in [-0.05, 0) is 30.7 Å². The van der Waals surface area contributed by atoms with Crippen LogP contribution in [0.25, 0.3) is 0 Å². The van der Waals surface area contributed by atoms with Gasteiger partial charge in [0.25, 0.3) is 0 Å². The predicted octanol–water partition coefficient (Wildman–Crippen LogP) is 2.39. The van der Waals surface area contributed by atoms with Crippen molar-refractivity contribution in [3.63, 3.8) is 0 Å². The van der Waals surface area contributed by atoms with Crippen molar-refractivity contribution in [2.24, 2.45) is 5.41 Å². The van der Waals surface area contributed by atoms with Crippen molar-refractivity contribution in [3.05, 3.63) is 29.8 Å². The molecule has 0 radical (unpaired) electrons. The minimum absolute atomic E-state index is 0.122. The normalized spacial score (nSPS) is 11.1. The predicted molar refractivity (Wildman–Crippen MR) is 82.9 cm³/mol. The van der Waals surface area contributed by atoms with E-state index in [0.717, 1.165) is 24.4 Å². The van der Waals surface area contributed by atoms with Crippen LogP contribution in [0.3, 0.4) is 0 Å². The summed E-state index contributed by atoms with van der Waals surface area (Å²) < 4.78 is 5.74. The van der Waals surface area contributed by atoms with Crippen LogP contribution in [-0.4, -0.2) is 43.4 Å². The highest BCUT2D eigenvalue weighted by molar-refractivity contribution is 5.39. The second-order valence-electron chi connectivity index (χ2n) is 6.13. The van der Waals surface area contributed by atoms with E-state index >= 15 is 0 Å². The lowest BCUT2D eigenvalue weighted by Crippen LogP contribution is -2.32. The zero-order chi connectivity index (χ0) is 15.0. The first-order valence-corrected chi connectivity index (χ1v) is 6.92. The fraction of sp³-hybridized carbons (Fsp3) is 0.529. The molecule has 0 bridgehead atoms. The molecule has 0 aliphatic heterocycles. The van der Waals surface area contributed by atoms with E-state index in [2.05, 4.69) is 44.6 Å². The monoisotopic (exact) mass is 275 g/mol. The van der Waals surface area contributed by atoms with Gasteiger partial charge in [-0.2, -0.15) is 0 Å². The van der Waals surface area contributed by atoms with Crippen molar-refractivity contribution in [3.8, 4) is 17.6 Å². The van der Waals surface area contributed by atoms with Crippen molar-refractivity contribution < 1.29 is 9.84 Å². The van der Waals surface area contributed by atoms with Crippen molar-refractivity contribution >= 4 is 0 Å². The lowest BCUT2D eigenvalue weighted by atomic mass is 9.96. The van der Waals surface area contributed by atoms with Crippen LogP contribution in [-0.2, 0) is 0 Å². The summed E-state index contributed by atoms with van der Waals surface area (Å²) in [6, 6.07) is 7.64. The summed E-state index contributed by atoms with van der Waals surface area (Å²) in [6.45, 7) is 9.16. The molecule has 0 aromatic heterocycles. The van der Waals surface area contributed by atoms with Gasteiger partial charge in [0.15, 0.2) is 0 Å². The molecule has 1 aromatic rings. The number of benzene rings is 1. The van der Waals surface area contributed by atoms with E-state index in [0.29, 0.717) is 12.0 Å². The van der Waals surface area contributed by atoms with E-state index in [9.17, 15) is 0 Å². The largest absolute Gasteiger partial charge is 0.492 e. The van der Waals surface area contributed by atoms with Crippen LogP contribution in [0.2, 0.25) is 0 Å². The molecule has 0 aliphatic rings. The first-order chi connectivity index (χ1) is 9.40. The molecule has 0 fully saturated rings. The maximum atomic E-state index is 8.68. The zero-order valence-corrected chi connectivity index (χ0v) is 12.9. The number of aliphatic hydroxyl groups is 1. The second-order valence-corrected chi connectivity index (χ2v) is 6.13. The molecule has 0 saturated heterocycles. The van der Waals surface area contributed by atoms with Crippen molar-refractivity contribution in [2.75, 3.05) is 33.4 Å². The van der Waals surface area contributed by atoms with Gasteiger partial charge in [0.05, 0.1) is 0 Å². The third-order valence-corrected chi connectivity index (χ3v) is 2.63. The van der Waals surface area contributed by atoms with Crippen molar-refractivity contribution in [1.82, 2.24) is 4.90 Å². The molecule has 3 nitrogen and oxygen atoms in total. The molecule has 0 spiro atoms. The van der Waals surface area contributed by atoms with Gasteiger partial charge in [-0.25, -0.2) is 0 Å². The Labute approximate surface area is 122 Å². The molecule has 1 N–H and O–H groups in total. The van der Waals surface area contributed by atoms with Crippen LogP contribution in [0.5, 0.6) is 5.75 Å². The summed E-state index contributed by atoms with van der Waals surface area (Å²) in [7, 11) is 2.11. The SMILES string of the molecule is CN(CCOc1cccc(C#CCO)c1)CC(C)(C)C. The summed E-state index contributed by atoms with van der Waals surface area (Å²) >= 11 is 0. The van der Waals surface area contributed by atoms with Crippen LogP contribution in [0.15, 0.2) is 24.3 Å². The lowest BCUT2D eigenvalue weighted by molar-refractivity contribution is 0.188. The maximum absolute atomic E-state index is 8.68. The topological polar surface area (TPSA) is 32.7 Å². The van der Waals surface area contributed by atoms with Crippen molar-refractivity contribution in [2.45, 2.75) is 20.8 Å².